The minimum atomic E-state index is -0.180. The lowest BCUT2D eigenvalue weighted by Gasteiger charge is -2.04. The third-order valence-electron chi connectivity index (χ3n) is 3.30. The predicted octanol–water partition coefficient (Wildman–Crippen LogP) is 4.11. The summed E-state index contributed by atoms with van der Waals surface area (Å²) in [6.45, 7) is 0.433. The summed E-state index contributed by atoms with van der Waals surface area (Å²) >= 11 is 11.7. The standard InChI is InChI=1S/C17H13Cl2N3O/c18-14-3-1-12(2-4-14)9-20-17(23)13-10-21-22(11-13)16-7-5-15(19)6-8-16/h1-8,10-11H,9H2,(H,20,23). The largest absolute Gasteiger partial charge is 0.348 e. The molecule has 0 saturated heterocycles. The van der Waals surface area contributed by atoms with E-state index in [1.54, 1.807) is 35.1 Å². The first kappa shape index (κ1) is 15.6. The Morgan fingerprint density at radius 3 is 2.26 bits per heavy atom. The highest BCUT2D eigenvalue weighted by Crippen LogP contribution is 2.14. The molecule has 1 amide bonds. The van der Waals surface area contributed by atoms with Crippen molar-refractivity contribution >= 4 is 29.1 Å². The molecule has 0 bridgehead atoms. The van der Waals surface area contributed by atoms with Crippen LogP contribution in [0.3, 0.4) is 0 Å². The summed E-state index contributed by atoms with van der Waals surface area (Å²) in [7, 11) is 0. The van der Waals surface area contributed by atoms with Crippen LogP contribution in [0.4, 0.5) is 0 Å². The van der Waals surface area contributed by atoms with Crippen LogP contribution in [0.1, 0.15) is 15.9 Å². The van der Waals surface area contributed by atoms with Gasteiger partial charge in [-0.05, 0) is 42.0 Å². The predicted molar refractivity (Wildman–Crippen MR) is 91.2 cm³/mol. The van der Waals surface area contributed by atoms with Crippen LogP contribution in [0, 0.1) is 0 Å². The van der Waals surface area contributed by atoms with Crippen LogP contribution in [-0.4, -0.2) is 15.7 Å². The average molecular weight is 346 g/mol. The van der Waals surface area contributed by atoms with E-state index in [2.05, 4.69) is 10.4 Å². The van der Waals surface area contributed by atoms with Gasteiger partial charge in [0.05, 0.1) is 17.4 Å². The molecule has 0 saturated carbocycles. The van der Waals surface area contributed by atoms with Gasteiger partial charge in [0.2, 0.25) is 0 Å². The number of aromatic nitrogens is 2. The number of carbonyl (C=O) groups excluding carboxylic acids is 1. The maximum atomic E-state index is 12.2. The monoisotopic (exact) mass is 345 g/mol. The summed E-state index contributed by atoms with van der Waals surface area (Å²) in [6.07, 6.45) is 3.21. The molecular weight excluding hydrogens is 333 g/mol. The fourth-order valence-electron chi connectivity index (χ4n) is 2.06. The number of nitrogens with zero attached hydrogens (tertiary/aromatic N) is 2. The van der Waals surface area contributed by atoms with E-state index in [1.807, 2.05) is 24.3 Å². The Kier molecular flexibility index (Phi) is 4.65. The molecule has 23 heavy (non-hydrogen) atoms. The highest BCUT2D eigenvalue weighted by Gasteiger charge is 2.09. The van der Waals surface area contributed by atoms with Gasteiger partial charge in [-0.25, -0.2) is 4.68 Å². The van der Waals surface area contributed by atoms with E-state index in [9.17, 15) is 4.79 Å². The molecule has 0 unspecified atom stereocenters. The number of hydrogen-bond donors (Lipinski definition) is 1. The quantitative estimate of drug-likeness (QED) is 0.773. The van der Waals surface area contributed by atoms with Crippen LogP contribution in [0.5, 0.6) is 0 Å². The molecule has 1 N–H and O–H groups in total. The molecule has 0 aliphatic rings. The van der Waals surface area contributed by atoms with Crippen molar-refractivity contribution in [2.45, 2.75) is 6.54 Å². The third-order valence-corrected chi connectivity index (χ3v) is 3.81. The van der Waals surface area contributed by atoms with Crippen molar-refractivity contribution in [2.75, 3.05) is 0 Å². The van der Waals surface area contributed by atoms with Gasteiger partial charge in [-0.2, -0.15) is 5.10 Å². The van der Waals surface area contributed by atoms with Crippen LogP contribution in [-0.2, 0) is 6.54 Å². The van der Waals surface area contributed by atoms with E-state index in [4.69, 9.17) is 23.2 Å². The smallest absolute Gasteiger partial charge is 0.254 e. The molecule has 1 aromatic heterocycles. The van der Waals surface area contributed by atoms with Crippen molar-refractivity contribution < 1.29 is 4.79 Å². The molecule has 2 aromatic carbocycles. The molecule has 0 spiro atoms. The number of amides is 1. The van der Waals surface area contributed by atoms with E-state index in [-0.39, 0.29) is 5.91 Å². The summed E-state index contributed by atoms with van der Waals surface area (Å²) in [5, 5.41) is 8.38. The lowest BCUT2D eigenvalue weighted by atomic mass is 10.2. The Labute approximate surface area is 143 Å². The van der Waals surface area contributed by atoms with Crippen molar-refractivity contribution in [3.05, 3.63) is 82.1 Å². The van der Waals surface area contributed by atoms with Crippen molar-refractivity contribution in [1.82, 2.24) is 15.1 Å². The van der Waals surface area contributed by atoms with Crippen molar-refractivity contribution in [3.63, 3.8) is 0 Å². The Hall–Kier alpha value is -2.30. The average Bonchev–Trinajstić information content (AvgIpc) is 3.05. The van der Waals surface area contributed by atoms with Crippen molar-refractivity contribution in [3.8, 4) is 5.69 Å². The van der Waals surface area contributed by atoms with Gasteiger partial charge in [-0.1, -0.05) is 35.3 Å². The zero-order valence-electron chi connectivity index (χ0n) is 12.0. The van der Waals surface area contributed by atoms with Gasteiger partial charge in [0, 0.05) is 22.8 Å². The second-order valence-electron chi connectivity index (χ2n) is 4.96. The molecule has 4 nitrogen and oxygen atoms in total. The number of benzene rings is 2. The Balaban J connectivity index is 1.66. The van der Waals surface area contributed by atoms with Gasteiger partial charge in [-0.3, -0.25) is 4.79 Å². The van der Waals surface area contributed by atoms with Crippen LogP contribution in [0.25, 0.3) is 5.69 Å². The Morgan fingerprint density at radius 2 is 1.61 bits per heavy atom. The Bertz CT molecular complexity index is 811. The number of hydrogen-bond acceptors (Lipinski definition) is 2. The number of halogens is 2. The van der Waals surface area contributed by atoms with Gasteiger partial charge in [-0.15, -0.1) is 0 Å². The van der Waals surface area contributed by atoms with Crippen LogP contribution < -0.4 is 5.32 Å². The zero-order valence-corrected chi connectivity index (χ0v) is 13.6. The molecule has 0 aliphatic carbocycles. The van der Waals surface area contributed by atoms with Crippen LogP contribution in [0.2, 0.25) is 10.0 Å². The lowest BCUT2D eigenvalue weighted by molar-refractivity contribution is 0.0951. The number of rotatable bonds is 4. The molecule has 0 radical (unpaired) electrons. The molecule has 0 fully saturated rings. The molecule has 116 valence electrons. The molecule has 0 aliphatic heterocycles. The van der Waals surface area contributed by atoms with E-state index >= 15 is 0 Å². The van der Waals surface area contributed by atoms with E-state index in [0.717, 1.165) is 11.3 Å². The molecule has 6 heteroatoms. The maximum absolute atomic E-state index is 12.2. The summed E-state index contributed by atoms with van der Waals surface area (Å²) in [5.74, 6) is -0.180. The second kappa shape index (κ2) is 6.86. The highest BCUT2D eigenvalue weighted by molar-refractivity contribution is 6.30. The molecule has 1 heterocycles. The van der Waals surface area contributed by atoms with E-state index < -0.39 is 0 Å². The maximum Gasteiger partial charge on any atom is 0.254 e. The summed E-state index contributed by atoms with van der Waals surface area (Å²) < 4.78 is 1.63. The topological polar surface area (TPSA) is 46.9 Å². The Morgan fingerprint density at radius 1 is 1.00 bits per heavy atom. The number of carbonyl (C=O) groups is 1. The van der Waals surface area contributed by atoms with Gasteiger partial charge in [0.1, 0.15) is 0 Å². The van der Waals surface area contributed by atoms with Gasteiger partial charge in [0.15, 0.2) is 0 Å². The first-order valence-electron chi connectivity index (χ1n) is 6.95. The van der Waals surface area contributed by atoms with E-state index in [0.29, 0.717) is 22.2 Å². The minimum absolute atomic E-state index is 0.180. The molecule has 3 aromatic rings. The fourth-order valence-corrected chi connectivity index (χ4v) is 2.31. The van der Waals surface area contributed by atoms with Gasteiger partial charge in [0.25, 0.3) is 5.91 Å². The lowest BCUT2D eigenvalue weighted by Crippen LogP contribution is -2.22. The van der Waals surface area contributed by atoms with Crippen LogP contribution in [0.15, 0.2) is 60.9 Å². The normalized spacial score (nSPS) is 10.5. The summed E-state index contributed by atoms with van der Waals surface area (Å²) in [4.78, 5) is 12.2. The third kappa shape index (κ3) is 3.92. The molecule has 0 atom stereocenters. The summed E-state index contributed by atoms with van der Waals surface area (Å²) in [5.41, 5.74) is 2.31. The molecule has 3 rings (SSSR count). The SMILES string of the molecule is O=C(NCc1ccc(Cl)cc1)c1cnn(-c2ccc(Cl)cc2)c1. The van der Waals surface area contributed by atoms with E-state index in [1.165, 1.54) is 6.20 Å². The first-order valence-corrected chi connectivity index (χ1v) is 7.71. The van der Waals surface area contributed by atoms with Crippen molar-refractivity contribution in [1.29, 1.82) is 0 Å². The summed E-state index contributed by atoms with van der Waals surface area (Å²) in [6, 6.07) is 14.6. The zero-order chi connectivity index (χ0) is 16.2. The highest BCUT2D eigenvalue weighted by atomic mass is 35.5. The van der Waals surface area contributed by atoms with Gasteiger partial charge >= 0.3 is 0 Å². The molecular formula is C17H13Cl2N3O. The van der Waals surface area contributed by atoms with Gasteiger partial charge < -0.3 is 5.32 Å². The van der Waals surface area contributed by atoms with Crippen molar-refractivity contribution in [2.24, 2.45) is 0 Å². The van der Waals surface area contributed by atoms with Crippen LogP contribution >= 0.6 is 23.2 Å². The minimum Gasteiger partial charge on any atom is -0.348 e. The number of nitrogens with one attached hydrogen (secondary N) is 1. The fraction of sp³-hybridized carbons (Fsp3) is 0.0588. The first-order chi connectivity index (χ1) is 11.1. The second-order valence-corrected chi connectivity index (χ2v) is 5.83.